The predicted octanol–water partition coefficient (Wildman–Crippen LogP) is 3.36. The normalized spacial score (nSPS) is 21.1. The van der Waals surface area contributed by atoms with Gasteiger partial charge in [0.25, 0.3) is 0 Å². The zero-order valence-electron chi connectivity index (χ0n) is 18.8. The number of aryl methyl sites for hydroxylation is 2. The summed E-state index contributed by atoms with van der Waals surface area (Å²) in [5, 5.41) is 12.7. The summed E-state index contributed by atoms with van der Waals surface area (Å²) in [6.07, 6.45) is 2.72. The number of piperazine rings is 1. The standard InChI is InChI=1S/C24H27BrClN3O4/c1-24(2,3)33-23(32)29-9-8-28(13-19(29)22(30)31)21-18-7-6-17(26)11-14(18)4-5-15-10-16(25)12-27-20(15)21/h6-7,10-12,19,21H,4-5,8-9,13H2,1-3H3,(H,30,31)/p-1/t19-,21?/m1/s1. The lowest BCUT2D eigenvalue weighted by molar-refractivity contribution is -0.312. The van der Waals surface area contributed by atoms with E-state index in [4.69, 9.17) is 21.3 Å². The molecule has 0 N–H and O–H groups in total. The van der Waals surface area contributed by atoms with E-state index in [9.17, 15) is 14.7 Å². The molecule has 1 saturated heterocycles. The summed E-state index contributed by atoms with van der Waals surface area (Å²) in [6.45, 7) is 6.04. The Hall–Kier alpha value is -2.16. The number of aliphatic carboxylic acids is 1. The van der Waals surface area contributed by atoms with Gasteiger partial charge >= 0.3 is 6.09 Å². The average Bonchev–Trinajstić information content (AvgIpc) is 2.88. The molecule has 0 spiro atoms. The number of pyridine rings is 1. The number of aromatic nitrogens is 1. The van der Waals surface area contributed by atoms with Gasteiger partial charge in [-0.15, -0.1) is 0 Å². The number of amides is 1. The van der Waals surface area contributed by atoms with Gasteiger partial charge in [0.15, 0.2) is 0 Å². The molecule has 1 aliphatic carbocycles. The molecule has 1 amide bonds. The number of carboxylic acid groups (broad SMARTS) is 1. The summed E-state index contributed by atoms with van der Waals surface area (Å²) in [4.78, 5) is 32.8. The van der Waals surface area contributed by atoms with Gasteiger partial charge in [-0.1, -0.05) is 17.7 Å². The molecule has 2 aliphatic rings. The molecule has 1 unspecified atom stereocenters. The summed E-state index contributed by atoms with van der Waals surface area (Å²) in [7, 11) is 0. The van der Waals surface area contributed by atoms with Crippen molar-refractivity contribution in [3.8, 4) is 0 Å². The van der Waals surface area contributed by atoms with Crippen molar-refractivity contribution in [2.24, 2.45) is 0 Å². The summed E-state index contributed by atoms with van der Waals surface area (Å²) in [6, 6.07) is 6.49. The summed E-state index contributed by atoms with van der Waals surface area (Å²) < 4.78 is 6.34. The van der Waals surface area contributed by atoms with Crippen LogP contribution in [0.4, 0.5) is 4.79 Å². The van der Waals surface area contributed by atoms with E-state index in [1.165, 1.54) is 4.90 Å². The van der Waals surface area contributed by atoms with Crippen molar-refractivity contribution in [1.82, 2.24) is 14.8 Å². The second kappa shape index (κ2) is 9.24. The molecular formula is C24H26BrClN3O4-. The number of carbonyl (C=O) groups is 2. The van der Waals surface area contributed by atoms with Crippen molar-refractivity contribution in [2.75, 3.05) is 19.6 Å². The number of rotatable bonds is 2. The lowest BCUT2D eigenvalue weighted by Crippen LogP contribution is -2.62. The monoisotopic (exact) mass is 534 g/mol. The van der Waals surface area contributed by atoms with E-state index < -0.39 is 23.7 Å². The van der Waals surface area contributed by atoms with Gasteiger partial charge in [-0.25, -0.2) is 4.79 Å². The van der Waals surface area contributed by atoms with Crippen LogP contribution in [0.2, 0.25) is 5.02 Å². The minimum Gasteiger partial charge on any atom is -0.548 e. The molecule has 7 nitrogen and oxygen atoms in total. The molecule has 1 fully saturated rings. The highest BCUT2D eigenvalue weighted by Gasteiger charge is 2.39. The fourth-order valence-electron chi connectivity index (χ4n) is 4.56. The van der Waals surface area contributed by atoms with Crippen LogP contribution in [0.1, 0.15) is 49.2 Å². The molecule has 1 aromatic carbocycles. The lowest BCUT2D eigenvalue weighted by atomic mass is 9.95. The van der Waals surface area contributed by atoms with Crippen molar-refractivity contribution in [3.05, 3.63) is 62.3 Å². The number of carbonyl (C=O) groups excluding carboxylic acids is 2. The number of ether oxygens (including phenoxy) is 1. The molecule has 0 bridgehead atoms. The molecule has 2 aromatic rings. The Balaban J connectivity index is 1.71. The van der Waals surface area contributed by atoms with Crippen LogP contribution in [-0.2, 0) is 22.4 Å². The molecule has 0 radical (unpaired) electrons. The molecule has 1 aromatic heterocycles. The minimum absolute atomic E-state index is 0.103. The van der Waals surface area contributed by atoms with Crippen LogP contribution in [0.3, 0.4) is 0 Å². The van der Waals surface area contributed by atoms with Crippen LogP contribution < -0.4 is 5.11 Å². The van der Waals surface area contributed by atoms with Crippen LogP contribution in [0.15, 0.2) is 34.9 Å². The number of carboxylic acids is 1. The van der Waals surface area contributed by atoms with Crippen LogP contribution >= 0.6 is 27.5 Å². The Morgan fingerprint density at radius 2 is 1.91 bits per heavy atom. The number of fused-ring (bicyclic) bond motifs is 2. The number of benzene rings is 1. The molecule has 1 aliphatic heterocycles. The number of nitrogens with zero attached hydrogens (tertiary/aromatic N) is 3. The van der Waals surface area contributed by atoms with Gasteiger partial charge in [-0.2, -0.15) is 0 Å². The fourth-order valence-corrected chi connectivity index (χ4v) is 5.13. The highest BCUT2D eigenvalue weighted by atomic mass is 79.9. The Bertz CT molecular complexity index is 1030. The summed E-state index contributed by atoms with van der Waals surface area (Å²) in [5.41, 5.74) is 3.43. The van der Waals surface area contributed by atoms with Crippen molar-refractivity contribution in [3.63, 3.8) is 0 Å². The van der Waals surface area contributed by atoms with Gasteiger partial charge in [0, 0.05) is 35.3 Å². The third kappa shape index (κ3) is 5.18. The maximum atomic E-state index is 12.7. The number of halogens is 2. The average molecular weight is 536 g/mol. The largest absolute Gasteiger partial charge is 0.548 e. The van der Waals surface area contributed by atoms with Crippen molar-refractivity contribution < 1.29 is 19.4 Å². The van der Waals surface area contributed by atoms with E-state index in [1.807, 2.05) is 18.2 Å². The molecule has 0 saturated carbocycles. The van der Waals surface area contributed by atoms with Gasteiger partial charge in [-0.3, -0.25) is 14.8 Å². The minimum atomic E-state index is -1.31. The van der Waals surface area contributed by atoms with E-state index in [0.717, 1.165) is 39.7 Å². The highest BCUT2D eigenvalue weighted by molar-refractivity contribution is 9.10. The molecule has 4 rings (SSSR count). The quantitative estimate of drug-likeness (QED) is 0.586. The molecule has 9 heteroatoms. The fraction of sp³-hybridized carbons (Fsp3) is 0.458. The third-order valence-electron chi connectivity index (χ3n) is 5.97. The smallest absolute Gasteiger partial charge is 0.410 e. The Morgan fingerprint density at radius 3 is 2.61 bits per heavy atom. The maximum Gasteiger partial charge on any atom is 0.410 e. The molecule has 2 heterocycles. The van der Waals surface area contributed by atoms with Gasteiger partial charge in [-0.05, 0) is 84.4 Å². The molecular weight excluding hydrogens is 510 g/mol. The number of hydrogen-bond acceptors (Lipinski definition) is 6. The highest BCUT2D eigenvalue weighted by Crippen LogP contribution is 2.38. The van der Waals surface area contributed by atoms with Crippen LogP contribution in [-0.4, -0.2) is 58.1 Å². The third-order valence-corrected chi connectivity index (χ3v) is 6.64. The van der Waals surface area contributed by atoms with E-state index >= 15 is 0 Å². The van der Waals surface area contributed by atoms with Gasteiger partial charge in [0.2, 0.25) is 0 Å². The van der Waals surface area contributed by atoms with Crippen LogP contribution in [0.5, 0.6) is 0 Å². The van der Waals surface area contributed by atoms with Crippen LogP contribution in [0.25, 0.3) is 0 Å². The topological polar surface area (TPSA) is 85.8 Å². The van der Waals surface area contributed by atoms with E-state index in [2.05, 4.69) is 26.9 Å². The SMILES string of the molecule is CC(C)(C)OC(=O)N1CCN(C2c3ccc(Cl)cc3CCc3cc(Br)cnc32)C[C@@H]1C(=O)[O-]. The second-order valence-corrected chi connectivity index (χ2v) is 10.8. The zero-order chi connectivity index (χ0) is 23.9. The van der Waals surface area contributed by atoms with E-state index in [1.54, 1.807) is 27.0 Å². The lowest BCUT2D eigenvalue weighted by Gasteiger charge is -2.45. The van der Waals surface area contributed by atoms with Gasteiger partial charge in [0.05, 0.1) is 23.7 Å². The second-order valence-electron chi connectivity index (χ2n) is 9.45. The Kier molecular flexibility index (Phi) is 6.71. The first-order valence-corrected chi connectivity index (χ1v) is 12.1. The van der Waals surface area contributed by atoms with Crippen molar-refractivity contribution in [1.29, 1.82) is 0 Å². The molecule has 33 heavy (non-hydrogen) atoms. The van der Waals surface area contributed by atoms with E-state index in [0.29, 0.717) is 11.6 Å². The van der Waals surface area contributed by atoms with Gasteiger partial charge < -0.3 is 14.6 Å². The summed E-state index contributed by atoms with van der Waals surface area (Å²) in [5.74, 6) is -1.31. The predicted molar refractivity (Wildman–Crippen MR) is 126 cm³/mol. The first-order chi connectivity index (χ1) is 15.5. The number of hydrogen-bond donors (Lipinski definition) is 0. The Labute approximate surface area is 206 Å². The maximum absolute atomic E-state index is 12.7. The van der Waals surface area contributed by atoms with Crippen molar-refractivity contribution >= 4 is 39.6 Å². The molecule has 176 valence electrons. The first kappa shape index (κ1) is 24.0. The summed E-state index contributed by atoms with van der Waals surface area (Å²) >= 11 is 9.80. The Morgan fingerprint density at radius 1 is 1.18 bits per heavy atom. The van der Waals surface area contributed by atoms with E-state index in [-0.39, 0.29) is 19.1 Å². The molecule has 2 atom stereocenters. The van der Waals surface area contributed by atoms with Gasteiger partial charge in [0.1, 0.15) is 5.60 Å². The zero-order valence-corrected chi connectivity index (χ0v) is 21.1. The first-order valence-electron chi connectivity index (χ1n) is 10.9. The van der Waals surface area contributed by atoms with Crippen LogP contribution in [0, 0.1) is 0 Å². The van der Waals surface area contributed by atoms with Crippen molar-refractivity contribution in [2.45, 2.75) is 51.3 Å².